The Morgan fingerprint density at radius 1 is 1.23 bits per heavy atom. The van der Waals surface area contributed by atoms with Crippen LogP contribution in [-0.4, -0.2) is 27.2 Å². The molecule has 0 amide bonds. The third kappa shape index (κ3) is 8.53. The summed E-state index contributed by atoms with van der Waals surface area (Å²) in [6.45, 7) is 5.11. The van der Waals surface area contributed by atoms with Crippen molar-refractivity contribution in [3.63, 3.8) is 0 Å². The standard InChI is InChI=1S/C21H27BrFN3O3.ClH/c1-21(2,3)29-18(27)12-26-13-25-17(19(22)20(26)28)11-10-16(24)9-6-14-4-7-15(23)8-5-14;/h4-5,7-8,13,16H,6,9-12,24H2,1-3H3;1H/t16-;/m1./s1. The Balaban J connectivity index is 0.00000450. The van der Waals surface area contributed by atoms with Gasteiger partial charge in [-0.3, -0.25) is 14.2 Å². The van der Waals surface area contributed by atoms with Crippen molar-refractivity contribution < 1.29 is 13.9 Å². The van der Waals surface area contributed by atoms with Crippen molar-refractivity contribution in [2.75, 3.05) is 0 Å². The number of nitrogens with zero attached hydrogens (tertiary/aromatic N) is 2. The van der Waals surface area contributed by atoms with Crippen LogP contribution in [0.15, 0.2) is 39.9 Å². The zero-order valence-electron chi connectivity index (χ0n) is 17.4. The molecule has 1 aromatic heterocycles. The third-order valence-corrected chi connectivity index (χ3v) is 5.04. The second-order valence-corrected chi connectivity index (χ2v) is 8.78. The lowest BCUT2D eigenvalue weighted by Gasteiger charge is -2.19. The van der Waals surface area contributed by atoms with Crippen molar-refractivity contribution in [3.8, 4) is 0 Å². The average molecular weight is 505 g/mol. The number of carbonyl (C=O) groups excluding carboxylic acids is 1. The average Bonchev–Trinajstić information content (AvgIpc) is 2.63. The van der Waals surface area contributed by atoms with Crippen LogP contribution in [0.1, 0.15) is 44.9 Å². The maximum absolute atomic E-state index is 12.9. The number of aromatic nitrogens is 2. The van der Waals surface area contributed by atoms with Crippen LogP contribution in [0.2, 0.25) is 0 Å². The summed E-state index contributed by atoms with van der Waals surface area (Å²) < 4.78 is 19.7. The van der Waals surface area contributed by atoms with E-state index in [1.54, 1.807) is 32.9 Å². The van der Waals surface area contributed by atoms with Gasteiger partial charge < -0.3 is 10.5 Å². The van der Waals surface area contributed by atoms with Gasteiger partial charge in [0.1, 0.15) is 22.4 Å². The van der Waals surface area contributed by atoms with Crippen LogP contribution in [-0.2, 0) is 28.9 Å². The lowest BCUT2D eigenvalue weighted by molar-refractivity contribution is -0.155. The Bertz CT molecular complexity index is 898. The van der Waals surface area contributed by atoms with E-state index in [0.29, 0.717) is 23.0 Å². The number of benzene rings is 1. The van der Waals surface area contributed by atoms with Gasteiger partial charge in [0, 0.05) is 6.04 Å². The molecule has 2 rings (SSSR count). The van der Waals surface area contributed by atoms with Gasteiger partial charge in [0.15, 0.2) is 0 Å². The number of halogens is 3. The van der Waals surface area contributed by atoms with E-state index in [4.69, 9.17) is 10.5 Å². The zero-order chi connectivity index (χ0) is 21.6. The summed E-state index contributed by atoms with van der Waals surface area (Å²) in [6.07, 6.45) is 4.05. The van der Waals surface area contributed by atoms with Gasteiger partial charge in [0.25, 0.3) is 5.56 Å². The predicted octanol–water partition coefficient (Wildman–Crippen LogP) is 3.80. The van der Waals surface area contributed by atoms with E-state index in [9.17, 15) is 14.0 Å². The van der Waals surface area contributed by atoms with Crippen molar-refractivity contribution in [1.29, 1.82) is 0 Å². The molecule has 0 aliphatic rings. The summed E-state index contributed by atoms with van der Waals surface area (Å²) in [5.74, 6) is -0.751. The molecular formula is C21H28BrClFN3O3. The van der Waals surface area contributed by atoms with Crippen molar-refractivity contribution in [3.05, 3.63) is 62.5 Å². The van der Waals surface area contributed by atoms with Crippen molar-refractivity contribution in [2.24, 2.45) is 5.73 Å². The topological polar surface area (TPSA) is 87.2 Å². The first-order valence-corrected chi connectivity index (χ1v) is 10.3. The number of hydrogen-bond donors (Lipinski definition) is 1. The van der Waals surface area contributed by atoms with Crippen LogP contribution in [0.25, 0.3) is 0 Å². The molecule has 0 saturated carbocycles. The van der Waals surface area contributed by atoms with Gasteiger partial charge in [-0.15, -0.1) is 12.4 Å². The molecule has 0 radical (unpaired) electrons. The Hall–Kier alpha value is -1.77. The number of ether oxygens (including phenoxy) is 1. The number of carbonyl (C=O) groups is 1. The SMILES string of the molecule is CC(C)(C)OC(=O)Cn1cnc(CC[C@H](N)CCc2ccc(F)cc2)c(Br)c1=O.Cl. The van der Waals surface area contributed by atoms with Crippen molar-refractivity contribution in [1.82, 2.24) is 9.55 Å². The minimum absolute atomic E-state index is 0. The lowest BCUT2D eigenvalue weighted by atomic mass is 10.0. The molecule has 2 aromatic rings. The quantitative estimate of drug-likeness (QED) is 0.553. The minimum Gasteiger partial charge on any atom is -0.459 e. The first-order valence-electron chi connectivity index (χ1n) is 9.51. The van der Waals surface area contributed by atoms with Gasteiger partial charge in [-0.1, -0.05) is 12.1 Å². The molecule has 1 aromatic carbocycles. The second-order valence-electron chi connectivity index (χ2n) is 7.99. The molecule has 1 atom stereocenters. The summed E-state index contributed by atoms with van der Waals surface area (Å²) in [7, 11) is 0. The van der Waals surface area contributed by atoms with Crippen LogP contribution >= 0.6 is 28.3 Å². The Morgan fingerprint density at radius 3 is 2.43 bits per heavy atom. The third-order valence-electron chi connectivity index (χ3n) is 4.24. The number of nitrogens with two attached hydrogens (primary N) is 1. The van der Waals surface area contributed by atoms with Gasteiger partial charge in [0.05, 0.1) is 12.0 Å². The highest BCUT2D eigenvalue weighted by Gasteiger charge is 2.18. The first kappa shape index (κ1) is 26.3. The van der Waals surface area contributed by atoms with Crippen LogP contribution in [0.4, 0.5) is 4.39 Å². The molecular weight excluding hydrogens is 477 g/mol. The Kier molecular flexibility index (Phi) is 10.1. The Morgan fingerprint density at radius 2 is 1.83 bits per heavy atom. The molecule has 0 spiro atoms. The first-order chi connectivity index (χ1) is 13.5. The molecule has 0 fully saturated rings. The van der Waals surface area contributed by atoms with E-state index in [1.165, 1.54) is 23.0 Å². The molecule has 9 heteroatoms. The molecule has 166 valence electrons. The van der Waals surface area contributed by atoms with Gasteiger partial charge in [0.2, 0.25) is 0 Å². The summed E-state index contributed by atoms with van der Waals surface area (Å²) in [5, 5.41) is 0. The number of aryl methyl sites for hydroxylation is 2. The van der Waals surface area contributed by atoms with E-state index >= 15 is 0 Å². The molecule has 0 aliphatic heterocycles. The van der Waals surface area contributed by atoms with Gasteiger partial charge in [-0.2, -0.15) is 0 Å². The van der Waals surface area contributed by atoms with Crippen molar-refractivity contribution in [2.45, 2.75) is 64.6 Å². The fourth-order valence-corrected chi connectivity index (χ4v) is 3.30. The molecule has 1 heterocycles. The van der Waals surface area contributed by atoms with Gasteiger partial charge in [-0.05, 0) is 80.1 Å². The number of rotatable bonds is 8. The summed E-state index contributed by atoms with van der Waals surface area (Å²) in [4.78, 5) is 28.7. The van der Waals surface area contributed by atoms with Crippen LogP contribution in [0.3, 0.4) is 0 Å². The van der Waals surface area contributed by atoms with E-state index in [2.05, 4.69) is 20.9 Å². The molecule has 2 N–H and O–H groups in total. The van der Waals surface area contributed by atoms with E-state index in [-0.39, 0.29) is 36.4 Å². The predicted molar refractivity (Wildman–Crippen MR) is 120 cm³/mol. The maximum Gasteiger partial charge on any atom is 0.326 e. The lowest BCUT2D eigenvalue weighted by Crippen LogP contribution is -2.31. The normalized spacial score (nSPS) is 12.2. The highest BCUT2D eigenvalue weighted by Crippen LogP contribution is 2.14. The smallest absolute Gasteiger partial charge is 0.326 e. The largest absolute Gasteiger partial charge is 0.459 e. The molecule has 0 bridgehead atoms. The summed E-state index contributed by atoms with van der Waals surface area (Å²) in [5.41, 5.74) is 6.87. The highest BCUT2D eigenvalue weighted by atomic mass is 79.9. The van der Waals surface area contributed by atoms with Crippen molar-refractivity contribution >= 4 is 34.3 Å². The number of hydrogen-bond acceptors (Lipinski definition) is 5. The fraction of sp³-hybridized carbons (Fsp3) is 0.476. The van der Waals surface area contributed by atoms with E-state index in [1.807, 2.05) is 0 Å². The highest BCUT2D eigenvalue weighted by molar-refractivity contribution is 9.10. The summed E-state index contributed by atoms with van der Waals surface area (Å²) >= 11 is 3.29. The maximum atomic E-state index is 12.9. The second kappa shape index (κ2) is 11.6. The zero-order valence-corrected chi connectivity index (χ0v) is 19.8. The van der Waals surface area contributed by atoms with Gasteiger partial charge >= 0.3 is 5.97 Å². The number of esters is 1. The van der Waals surface area contributed by atoms with Crippen LogP contribution in [0, 0.1) is 5.82 Å². The fourth-order valence-electron chi connectivity index (χ4n) is 2.77. The molecule has 30 heavy (non-hydrogen) atoms. The molecule has 0 unspecified atom stereocenters. The van der Waals surface area contributed by atoms with Crippen LogP contribution in [0.5, 0.6) is 0 Å². The van der Waals surface area contributed by atoms with E-state index < -0.39 is 11.6 Å². The Labute approximate surface area is 190 Å². The van der Waals surface area contributed by atoms with Crippen LogP contribution < -0.4 is 11.3 Å². The minimum atomic E-state index is -0.616. The van der Waals surface area contributed by atoms with Gasteiger partial charge in [-0.25, -0.2) is 9.37 Å². The monoisotopic (exact) mass is 503 g/mol. The molecule has 0 aliphatic carbocycles. The molecule has 0 saturated heterocycles. The summed E-state index contributed by atoms with van der Waals surface area (Å²) in [6, 6.07) is 6.31. The molecule has 6 nitrogen and oxygen atoms in total. The van der Waals surface area contributed by atoms with E-state index in [0.717, 1.165) is 18.4 Å².